The second kappa shape index (κ2) is 34.0. The van der Waals surface area contributed by atoms with Gasteiger partial charge < -0.3 is 24.9 Å². The van der Waals surface area contributed by atoms with Crippen LogP contribution in [-0.2, 0) is 24.0 Å². The van der Waals surface area contributed by atoms with Gasteiger partial charge >= 0.3 is 12.1 Å². The van der Waals surface area contributed by atoms with Gasteiger partial charge in [-0.2, -0.15) is 9.59 Å². The van der Waals surface area contributed by atoms with Crippen molar-refractivity contribution in [3.8, 4) is 0 Å². The van der Waals surface area contributed by atoms with Crippen molar-refractivity contribution in [1.82, 2.24) is 0 Å². The maximum atomic E-state index is 10.0. The van der Waals surface area contributed by atoms with Gasteiger partial charge in [0.05, 0.1) is 5.41 Å². The number of hydrogen-bond acceptors (Lipinski definition) is 7. The molecular formula is C18H42O8. The Kier molecular flexibility index (Phi) is 64.7. The van der Waals surface area contributed by atoms with E-state index in [2.05, 4.69) is 0 Å². The van der Waals surface area contributed by atoms with Gasteiger partial charge in [-0.3, -0.25) is 4.79 Å². The summed E-state index contributed by atoms with van der Waals surface area (Å²) < 4.78 is 0. The molecule has 0 rings (SSSR count). The van der Waals surface area contributed by atoms with Crippen LogP contribution in [0.25, 0.3) is 0 Å². The fourth-order valence-electron chi connectivity index (χ4n) is 0. The molecule has 0 aromatic heterocycles. The van der Waals surface area contributed by atoms with Gasteiger partial charge in [-0.1, -0.05) is 48.5 Å². The smallest absolute Gasteiger partial charge is 0.373 e. The molecule has 1 N–H and O–H groups in total. The number of carbonyl (C=O) groups is 3. The van der Waals surface area contributed by atoms with Crippen molar-refractivity contribution < 1.29 is 42.1 Å². The fourth-order valence-corrected chi connectivity index (χ4v) is 0. The average molecular weight is 387 g/mol. The van der Waals surface area contributed by atoms with Crippen LogP contribution in [0.1, 0.15) is 72.1 Å². The number of rotatable bonds is 0. The second-order valence-electron chi connectivity index (χ2n) is 5.27. The van der Waals surface area contributed by atoms with Crippen molar-refractivity contribution in [1.29, 1.82) is 0 Å². The predicted octanol–water partition coefficient (Wildman–Crippen LogP) is 2.13. The van der Waals surface area contributed by atoms with E-state index in [9.17, 15) is 14.7 Å². The Morgan fingerprint density at radius 3 is 0.962 bits per heavy atom. The largest absolute Gasteiger partial charge is 0.554 e. The van der Waals surface area contributed by atoms with E-state index in [1.807, 2.05) is 27.7 Å². The molecule has 0 aliphatic rings. The average Bonchev–Trinajstić information content (AvgIpc) is 2.43. The predicted molar refractivity (Wildman–Crippen MR) is 102 cm³/mol. The van der Waals surface area contributed by atoms with Gasteiger partial charge in [-0.25, -0.2) is 0 Å². The molecule has 0 atom stereocenters. The van der Waals surface area contributed by atoms with Crippen LogP contribution < -0.4 is 10.2 Å². The molecule has 0 bridgehead atoms. The lowest BCUT2D eigenvalue weighted by Gasteiger charge is -2.18. The Morgan fingerprint density at radius 2 is 0.962 bits per heavy atom. The molecule has 0 heterocycles. The van der Waals surface area contributed by atoms with E-state index >= 15 is 0 Å². The quantitative estimate of drug-likeness (QED) is 0.491. The number of carboxylic acids is 2. The molecule has 0 unspecified atom stereocenters. The molecular weight excluding hydrogens is 344 g/mol. The highest BCUT2D eigenvalue weighted by atomic mass is 16.4. The summed E-state index contributed by atoms with van der Waals surface area (Å²) in [5.74, 6) is -1.76. The Hall–Kier alpha value is -2.47. The summed E-state index contributed by atoms with van der Waals surface area (Å²) in [5, 5.41) is 26.4. The van der Waals surface area contributed by atoms with Gasteiger partial charge in [0.2, 0.25) is 0 Å². The normalized spacial score (nSPS) is 7.31. The van der Waals surface area contributed by atoms with Gasteiger partial charge in [0.25, 0.3) is 0 Å². The first-order valence-electron chi connectivity index (χ1n) is 7.22. The van der Waals surface area contributed by atoms with E-state index in [-0.39, 0.29) is 23.9 Å². The van der Waals surface area contributed by atoms with Crippen LogP contribution in [0.4, 0.5) is 0 Å². The molecule has 8 nitrogen and oxygen atoms in total. The van der Waals surface area contributed by atoms with Crippen molar-refractivity contribution >= 4 is 24.6 Å². The summed E-state index contributed by atoms with van der Waals surface area (Å²) in [4.78, 5) is 44.4. The zero-order valence-electron chi connectivity index (χ0n) is 18.4. The van der Waals surface area contributed by atoms with Crippen molar-refractivity contribution in [2.45, 2.75) is 69.2 Å². The highest BCUT2D eigenvalue weighted by molar-refractivity contribution is 5.72. The summed E-state index contributed by atoms with van der Waals surface area (Å²) in [7, 11) is 0. The van der Waals surface area contributed by atoms with E-state index < -0.39 is 29.2 Å². The van der Waals surface area contributed by atoms with Gasteiger partial charge in [-0.05, 0) is 20.8 Å². The molecule has 0 spiro atoms. The van der Waals surface area contributed by atoms with Crippen molar-refractivity contribution in [3.05, 3.63) is 14.9 Å². The maximum absolute atomic E-state index is 10.0. The number of carbonyl (C=O) groups excluding carboxylic acids is 4. The first kappa shape index (κ1) is 49.5. The molecule has 8 heteroatoms. The molecule has 0 fully saturated rings. The Bertz CT molecular complexity index is 303. The van der Waals surface area contributed by atoms with Crippen molar-refractivity contribution in [2.75, 3.05) is 0 Å². The lowest BCUT2D eigenvalue weighted by molar-refractivity contribution is -0.316. The van der Waals surface area contributed by atoms with Crippen LogP contribution in [0.2, 0.25) is 0 Å². The Morgan fingerprint density at radius 1 is 0.885 bits per heavy atom. The Labute approximate surface area is 162 Å². The number of carboxylic acid groups (broad SMARTS) is 3. The number of aliphatic carboxylic acids is 2. The zero-order chi connectivity index (χ0) is 21.6. The van der Waals surface area contributed by atoms with E-state index in [4.69, 9.17) is 24.6 Å². The van der Waals surface area contributed by atoms with Gasteiger partial charge in [0.1, 0.15) is 0 Å². The monoisotopic (exact) mass is 386 g/mol. The number of hydrogen-bond donors (Lipinski definition) is 1. The third-order valence-corrected chi connectivity index (χ3v) is 1.25. The van der Waals surface area contributed by atoms with Crippen LogP contribution in [0.3, 0.4) is 0 Å². The molecule has 0 aromatic rings. The minimum absolute atomic E-state index is 0. The lowest BCUT2D eigenvalue weighted by atomic mass is 9.98. The third-order valence-electron chi connectivity index (χ3n) is 1.25. The fraction of sp³-hybridized carbons (Fsp3) is 0.667. The summed E-state index contributed by atoms with van der Waals surface area (Å²) in [6.45, 7) is 17.3. The molecule has 0 amide bonds. The topological polar surface area (TPSA) is 152 Å². The maximum Gasteiger partial charge on any atom is 0.373 e. The van der Waals surface area contributed by atoms with E-state index in [0.29, 0.717) is 0 Å². The summed E-state index contributed by atoms with van der Waals surface area (Å²) in [6.07, 6.45) is 0.250. The highest BCUT2D eigenvalue weighted by Crippen LogP contribution is 2.11. The standard InChI is InChI=1S/2C5H10O2.2C2H6.CH2O2.CO2.2CH3.2H2/c2*1-5(2,3)4(6)7;2*1-2;2*2-1-3;;;;/h2*1-3H3,(H,6,7);2*1-2H3;1H,(H,2,3);;2*1H3;2*1H/q;;;;;;2*+1;;/p-2. The minimum atomic E-state index is -1.01. The van der Waals surface area contributed by atoms with E-state index in [0.717, 1.165) is 0 Å². The van der Waals surface area contributed by atoms with E-state index in [1.54, 1.807) is 41.5 Å². The second-order valence-corrected chi connectivity index (χ2v) is 5.27. The third kappa shape index (κ3) is 99.9. The molecule has 0 saturated heterocycles. The van der Waals surface area contributed by atoms with Gasteiger partial charge in [-0.15, -0.1) is 0 Å². The molecule has 26 heavy (non-hydrogen) atoms. The van der Waals surface area contributed by atoms with Crippen LogP contribution in [-0.4, -0.2) is 29.7 Å². The van der Waals surface area contributed by atoms with Crippen LogP contribution in [0.15, 0.2) is 0 Å². The summed E-state index contributed by atoms with van der Waals surface area (Å²) in [6, 6.07) is 0. The minimum Gasteiger partial charge on any atom is -0.554 e. The summed E-state index contributed by atoms with van der Waals surface area (Å²) in [5.41, 5.74) is -1.28. The van der Waals surface area contributed by atoms with Crippen LogP contribution in [0.5, 0.6) is 0 Å². The molecule has 0 aromatic carbocycles. The van der Waals surface area contributed by atoms with Gasteiger partial charge in [0, 0.05) is 35.6 Å². The summed E-state index contributed by atoms with van der Waals surface area (Å²) >= 11 is 0. The zero-order valence-corrected chi connectivity index (χ0v) is 18.4. The van der Waals surface area contributed by atoms with Crippen molar-refractivity contribution in [2.24, 2.45) is 10.8 Å². The van der Waals surface area contributed by atoms with Gasteiger partial charge in [0.15, 0.2) is 0 Å². The first-order chi connectivity index (χ1) is 10.7. The molecule has 0 radical (unpaired) electrons. The SMILES string of the molecule is CC.CC.CC(C)(C)C(=O)O.CC(C)(C)C(=O)[O-].O=C=O.O=C[O-].[CH3+].[CH3+].[HH].[HH]. The van der Waals surface area contributed by atoms with Crippen LogP contribution in [0, 0.1) is 25.7 Å². The molecule has 0 aliphatic carbocycles. The van der Waals surface area contributed by atoms with Crippen LogP contribution >= 0.6 is 0 Å². The highest BCUT2D eigenvalue weighted by Gasteiger charge is 2.18. The van der Waals surface area contributed by atoms with E-state index in [1.165, 1.54) is 0 Å². The Balaban J connectivity index is -0.0000000182. The first-order valence-corrected chi connectivity index (χ1v) is 7.22. The molecule has 0 saturated carbocycles. The molecule has 0 aliphatic heterocycles. The molecule has 162 valence electrons. The lowest BCUT2D eigenvalue weighted by Crippen LogP contribution is -2.35. The van der Waals surface area contributed by atoms with Crippen molar-refractivity contribution in [3.63, 3.8) is 0 Å².